The van der Waals surface area contributed by atoms with Gasteiger partial charge in [-0.3, -0.25) is 4.79 Å². The van der Waals surface area contributed by atoms with Crippen molar-refractivity contribution in [3.05, 3.63) is 70.3 Å². The molecule has 0 fully saturated rings. The van der Waals surface area contributed by atoms with Gasteiger partial charge in [-0.25, -0.2) is 0 Å². The molecule has 2 nitrogen and oxygen atoms in total. The van der Waals surface area contributed by atoms with E-state index in [9.17, 15) is 4.79 Å². The maximum absolute atomic E-state index is 12.3. The Bertz CT molecular complexity index is 726. The van der Waals surface area contributed by atoms with Gasteiger partial charge in [0.2, 0.25) is 5.91 Å². The van der Waals surface area contributed by atoms with Crippen LogP contribution in [-0.4, -0.2) is 11.7 Å². The molecule has 0 saturated carbocycles. The Hall–Kier alpha value is -1.74. The maximum atomic E-state index is 12.3. The van der Waals surface area contributed by atoms with Crippen LogP contribution in [0.1, 0.15) is 46.7 Å². The second-order valence-corrected chi connectivity index (χ2v) is 7.62. The van der Waals surface area contributed by atoms with Crippen molar-refractivity contribution in [2.45, 2.75) is 44.9 Å². The van der Waals surface area contributed by atoms with Gasteiger partial charge < -0.3 is 5.32 Å². The van der Waals surface area contributed by atoms with Gasteiger partial charge in [-0.2, -0.15) is 0 Å². The summed E-state index contributed by atoms with van der Waals surface area (Å²) in [4.78, 5) is 12.3. The first-order valence-electron chi connectivity index (χ1n) is 8.64. The lowest BCUT2D eigenvalue weighted by Crippen LogP contribution is -2.32. The van der Waals surface area contributed by atoms with Crippen LogP contribution in [-0.2, 0) is 17.0 Å². The molecular formula is C21H25NOS. The van der Waals surface area contributed by atoms with Gasteiger partial charge in [0.15, 0.2) is 0 Å². The molecule has 24 heavy (non-hydrogen) atoms. The van der Waals surface area contributed by atoms with E-state index in [1.165, 1.54) is 27.8 Å². The number of carbonyl (C=O) groups excluding carboxylic acids is 1. The maximum Gasteiger partial charge on any atom is 0.230 e. The van der Waals surface area contributed by atoms with Crippen molar-refractivity contribution in [3.63, 3.8) is 0 Å². The van der Waals surface area contributed by atoms with E-state index >= 15 is 0 Å². The van der Waals surface area contributed by atoms with Crippen molar-refractivity contribution in [3.8, 4) is 0 Å². The van der Waals surface area contributed by atoms with Crippen LogP contribution in [0.25, 0.3) is 0 Å². The summed E-state index contributed by atoms with van der Waals surface area (Å²) in [6.07, 6.45) is 3.33. The molecule has 1 amide bonds. The number of amides is 1. The first-order chi connectivity index (χ1) is 11.6. The fourth-order valence-electron chi connectivity index (χ4n) is 3.35. The number of nitrogens with one attached hydrogen (secondary N) is 1. The van der Waals surface area contributed by atoms with Gasteiger partial charge in [-0.05, 0) is 55.4 Å². The van der Waals surface area contributed by atoms with Gasteiger partial charge in [-0.1, -0.05) is 48.0 Å². The van der Waals surface area contributed by atoms with E-state index in [-0.39, 0.29) is 11.9 Å². The first-order valence-corrected chi connectivity index (χ1v) is 9.80. The summed E-state index contributed by atoms with van der Waals surface area (Å²) in [5.41, 5.74) is 6.60. The lowest BCUT2D eigenvalue weighted by atomic mass is 9.88. The third-order valence-electron chi connectivity index (χ3n) is 4.70. The highest BCUT2D eigenvalue weighted by Gasteiger charge is 2.21. The van der Waals surface area contributed by atoms with Gasteiger partial charge >= 0.3 is 0 Å². The molecule has 0 aliphatic heterocycles. The van der Waals surface area contributed by atoms with Crippen molar-refractivity contribution < 1.29 is 4.79 Å². The predicted molar refractivity (Wildman–Crippen MR) is 102 cm³/mol. The minimum Gasteiger partial charge on any atom is -0.349 e. The normalized spacial score (nSPS) is 16.5. The number of rotatable bonds is 5. The van der Waals surface area contributed by atoms with E-state index in [1.807, 2.05) is 0 Å². The van der Waals surface area contributed by atoms with Gasteiger partial charge in [0, 0.05) is 5.75 Å². The largest absolute Gasteiger partial charge is 0.349 e. The number of benzene rings is 2. The molecule has 1 aliphatic rings. The van der Waals surface area contributed by atoms with Gasteiger partial charge in [0.25, 0.3) is 0 Å². The molecule has 1 atom stereocenters. The van der Waals surface area contributed by atoms with Crippen LogP contribution in [0.15, 0.2) is 42.5 Å². The molecule has 3 rings (SSSR count). The molecule has 2 aromatic carbocycles. The van der Waals surface area contributed by atoms with Crippen LogP contribution >= 0.6 is 11.8 Å². The molecule has 1 aliphatic carbocycles. The number of fused-ring (bicyclic) bond motifs is 1. The lowest BCUT2D eigenvalue weighted by molar-refractivity contribution is -0.119. The Morgan fingerprint density at radius 1 is 1.21 bits per heavy atom. The van der Waals surface area contributed by atoms with E-state index in [1.54, 1.807) is 11.8 Å². The van der Waals surface area contributed by atoms with Crippen molar-refractivity contribution in [1.82, 2.24) is 5.32 Å². The van der Waals surface area contributed by atoms with Crippen LogP contribution in [0, 0.1) is 13.8 Å². The highest BCUT2D eigenvalue weighted by atomic mass is 32.2. The smallest absolute Gasteiger partial charge is 0.230 e. The topological polar surface area (TPSA) is 29.1 Å². The fourth-order valence-corrected chi connectivity index (χ4v) is 4.25. The molecule has 0 saturated heterocycles. The summed E-state index contributed by atoms with van der Waals surface area (Å²) in [5, 5.41) is 3.23. The third-order valence-corrected chi connectivity index (χ3v) is 5.68. The van der Waals surface area contributed by atoms with E-state index in [4.69, 9.17) is 0 Å². The Morgan fingerprint density at radius 3 is 2.92 bits per heavy atom. The SMILES string of the molecule is Cc1ccc(C)c(CSCC(=O)N[C@H]2CCCc3ccccc32)c1. The van der Waals surface area contributed by atoms with Crippen molar-refractivity contribution in [2.75, 3.05) is 5.75 Å². The number of aryl methyl sites for hydroxylation is 3. The molecule has 0 spiro atoms. The Kier molecular flexibility index (Phi) is 5.62. The summed E-state index contributed by atoms with van der Waals surface area (Å²) in [6.45, 7) is 4.25. The highest BCUT2D eigenvalue weighted by Crippen LogP contribution is 2.29. The van der Waals surface area contributed by atoms with E-state index in [2.05, 4.69) is 61.6 Å². The summed E-state index contributed by atoms with van der Waals surface area (Å²) < 4.78 is 0. The van der Waals surface area contributed by atoms with Crippen molar-refractivity contribution in [2.24, 2.45) is 0 Å². The Labute approximate surface area is 149 Å². The molecule has 2 aromatic rings. The van der Waals surface area contributed by atoms with Gasteiger partial charge in [-0.15, -0.1) is 11.8 Å². The van der Waals surface area contributed by atoms with E-state index in [0.717, 1.165) is 25.0 Å². The van der Waals surface area contributed by atoms with Crippen LogP contribution in [0.4, 0.5) is 0 Å². The number of carbonyl (C=O) groups is 1. The highest BCUT2D eigenvalue weighted by molar-refractivity contribution is 7.99. The molecule has 0 radical (unpaired) electrons. The average molecular weight is 340 g/mol. The molecule has 0 unspecified atom stereocenters. The van der Waals surface area contributed by atoms with Crippen LogP contribution in [0.3, 0.4) is 0 Å². The zero-order valence-electron chi connectivity index (χ0n) is 14.5. The quantitative estimate of drug-likeness (QED) is 0.853. The standard InChI is InChI=1S/C21H25NOS/c1-15-10-11-16(2)18(12-15)13-24-14-21(23)22-20-9-5-7-17-6-3-4-8-19(17)20/h3-4,6,8,10-12,20H,5,7,9,13-14H2,1-2H3,(H,22,23)/t20-/m0/s1. The monoisotopic (exact) mass is 339 g/mol. The number of hydrogen-bond acceptors (Lipinski definition) is 2. The summed E-state index contributed by atoms with van der Waals surface area (Å²) in [6, 6.07) is 15.2. The number of hydrogen-bond donors (Lipinski definition) is 1. The molecule has 126 valence electrons. The molecule has 0 aromatic heterocycles. The molecule has 1 N–H and O–H groups in total. The summed E-state index contributed by atoms with van der Waals surface area (Å²) in [5.74, 6) is 1.56. The predicted octanol–water partition coefficient (Wildman–Crippen LogP) is 4.73. The first kappa shape index (κ1) is 17.1. The second-order valence-electron chi connectivity index (χ2n) is 6.63. The molecular weight excluding hydrogens is 314 g/mol. The molecule has 0 heterocycles. The minimum absolute atomic E-state index is 0.145. The van der Waals surface area contributed by atoms with Gasteiger partial charge in [0.05, 0.1) is 11.8 Å². The van der Waals surface area contributed by atoms with Crippen LogP contribution < -0.4 is 5.32 Å². The lowest BCUT2D eigenvalue weighted by Gasteiger charge is -2.26. The summed E-state index contributed by atoms with van der Waals surface area (Å²) in [7, 11) is 0. The Balaban J connectivity index is 1.53. The van der Waals surface area contributed by atoms with Crippen molar-refractivity contribution in [1.29, 1.82) is 0 Å². The zero-order chi connectivity index (χ0) is 16.9. The third kappa shape index (κ3) is 4.21. The van der Waals surface area contributed by atoms with E-state index < -0.39 is 0 Å². The number of thioether (sulfide) groups is 1. The minimum atomic E-state index is 0.145. The van der Waals surface area contributed by atoms with Crippen molar-refractivity contribution >= 4 is 17.7 Å². The fraction of sp³-hybridized carbons (Fsp3) is 0.381. The van der Waals surface area contributed by atoms with Crippen LogP contribution in [0.5, 0.6) is 0 Å². The second kappa shape index (κ2) is 7.89. The Morgan fingerprint density at radius 2 is 2.04 bits per heavy atom. The average Bonchev–Trinajstić information content (AvgIpc) is 2.58. The zero-order valence-corrected chi connectivity index (χ0v) is 15.3. The molecule has 3 heteroatoms. The van der Waals surface area contributed by atoms with Gasteiger partial charge in [0.1, 0.15) is 0 Å². The van der Waals surface area contributed by atoms with Crippen LogP contribution in [0.2, 0.25) is 0 Å². The summed E-state index contributed by atoms with van der Waals surface area (Å²) >= 11 is 1.70. The van der Waals surface area contributed by atoms with E-state index in [0.29, 0.717) is 5.75 Å². The molecule has 0 bridgehead atoms.